The summed E-state index contributed by atoms with van der Waals surface area (Å²) in [6.45, 7) is 1.96. The normalized spacial score (nSPS) is 11.0. The predicted octanol–water partition coefficient (Wildman–Crippen LogP) is 0.167. The second-order valence-electron chi connectivity index (χ2n) is 5.19. The van der Waals surface area contributed by atoms with Crippen LogP contribution < -0.4 is 11.2 Å². The smallest absolute Gasteiger partial charge is 0.333 e. The van der Waals surface area contributed by atoms with E-state index in [1.165, 1.54) is 22.5 Å². The minimum Gasteiger partial charge on any atom is -0.464 e. The lowest BCUT2D eigenvalue weighted by Crippen LogP contribution is -2.41. The molecule has 0 saturated carbocycles. The molecule has 0 saturated heterocycles. The first-order chi connectivity index (χ1) is 10.5. The van der Waals surface area contributed by atoms with Gasteiger partial charge in [0.05, 0.1) is 12.9 Å². The molecule has 0 unspecified atom stereocenters. The number of ether oxygens (including phenoxy) is 1. The molecule has 0 N–H and O–H groups in total. The number of rotatable bonds is 6. The molecule has 2 aromatic rings. The summed E-state index contributed by atoms with van der Waals surface area (Å²) >= 11 is 0. The van der Waals surface area contributed by atoms with Crippen molar-refractivity contribution in [1.82, 2.24) is 18.7 Å². The first kappa shape index (κ1) is 16.0. The average molecular weight is 308 g/mol. The molecular weight excluding hydrogens is 288 g/mol. The number of unbranched alkanes of at least 4 members (excludes halogenated alkanes) is 2. The van der Waals surface area contributed by atoms with Gasteiger partial charge in [-0.3, -0.25) is 14.2 Å². The number of carbonyl (C=O) groups is 1. The fraction of sp³-hybridized carbons (Fsp3) is 0.571. The van der Waals surface area contributed by atoms with Crippen LogP contribution in [-0.2, 0) is 30.2 Å². The van der Waals surface area contributed by atoms with Gasteiger partial charge in [-0.25, -0.2) is 14.3 Å². The molecule has 0 fully saturated rings. The minimum atomic E-state index is -0.586. The highest BCUT2D eigenvalue weighted by molar-refractivity contribution is 5.72. The predicted molar refractivity (Wildman–Crippen MR) is 80.7 cm³/mol. The van der Waals surface area contributed by atoms with Gasteiger partial charge in [0.15, 0.2) is 11.2 Å². The van der Waals surface area contributed by atoms with Gasteiger partial charge in [-0.2, -0.15) is 0 Å². The highest BCUT2D eigenvalue weighted by Crippen LogP contribution is 2.03. The third-order valence-electron chi connectivity index (χ3n) is 3.50. The molecule has 0 radical (unpaired) electrons. The van der Waals surface area contributed by atoms with Gasteiger partial charge in [-0.1, -0.05) is 19.8 Å². The highest BCUT2D eigenvalue weighted by atomic mass is 16.5. The Balaban J connectivity index is 2.28. The fourth-order valence-electron chi connectivity index (χ4n) is 2.25. The largest absolute Gasteiger partial charge is 0.464 e. The van der Waals surface area contributed by atoms with Crippen molar-refractivity contribution in [1.29, 1.82) is 0 Å². The minimum absolute atomic E-state index is 0.279. The van der Waals surface area contributed by atoms with E-state index in [9.17, 15) is 14.4 Å². The summed E-state index contributed by atoms with van der Waals surface area (Å²) in [6.07, 6.45) is 4.22. The van der Waals surface area contributed by atoms with Crippen molar-refractivity contribution in [3.8, 4) is 0 Å². The maximum atomic E-state index is 12.4. The summed E-state index contributed by atoms with van der Waals surface area (Å²) < 4.78 is 8.71. The molecule has 120 valence electrons. The average Bonchev–Trinajstić information content (AvgIpc) is 2.88. The van der Waals surface area contributed by atoms with Crippen LogP contribution in [-0.4, -0.2) is 31.3 Å². The molecule has 0 bridgehead atoms. The molecular formula is C14H20N4O4. The van der Waals surface area contributed by atoms with Crippen molar-refractivity contribution in [3.63, 3.8) is 0 Å². The van der Waals surface area contributed by atoms with Gasteiger partial charge in [0, 0.05) is 14.1 Å². The second kappa shape index (κ2) is 6.59. The zero-order valence-electron chi connectivity index (χ0n) is 13.0. The van der Waals surface area contributed by atoms with Gasteiger partial charge in [0.2, 0.25) is 0 Å². The van der Waals surface area contributed by atoms with Crippen molar-refractivity contribution < 1.29 is 9.53 Å². The number of aromatic nitrogens is 4. The van der Waals surface area contributed by atoms with Gasteiger partial charge in [0.1, 0.15) is 6.54 Å². The number of esters is 1. The Kier molecular flexibility index (Phi) is 4.79. The number of imidazole rings is 1. The molecule has 8 nitrogen and oxygen atoms in total. The second-order valence-corrected chi connectivity index (χ2v) is 5.19. The lowest BCUT2D eigenvalue weighted by atomic mass is 10.3. The molecule has 22 heavy (non-hydrogen) atoms. The van der Waals surface area contributed by atoms with Crippen LogP contribution in [0.25, 0.3) is 11.2 Å². The summed E-state index contributed by atoms with van der Waals surface area (Å²) in [6, 6.07) is 0. The Morgan fingerprint density at radius 1 is 1.27 bits per heavy atom. The molecule has 0 aliphatic rings. The summed E-state index contributed by atoms with van der Waals surface area (Å²) in [5.41, 5.74) is -0.545. The SMILES string of the molecule is CCCCCOC(=O)Cn1c(=O)c2c(ncn2C)n(C)c1=O. The first-order valence-electron chi connectivity index (χ1n) is 7.23. The molecule has 0 atom stereocenters. The zero-order valence-corrected chi connectivity index (χ0v) is 13.0. The van der Waals surface area contributed by atoms with E-state index in [1.807, 2.05) is 6.92 Å². The van der Waals surface area contributed by atoms with Crippen molar-refractivity contribution in [2.45, 2.75) is 32.7 Å². The molecule has 2 rings (SSSR count). The van der Waals surface area contributed by atoms with Gasteiger partial charge in [-0.05, 0) is 6.42 Å². The number of carbonyl (C=O) groups excluding carboxylic acids is 1. The maximum absolute atomic E-state index is 12.4. The summed E-state index contributed by atoms with van der Waals surface area (Å²) in [7, 11) is 3.18. The molecule has 8 heteroatoms. The highest BCUT2D eigenvalue weighted by Gasteiger charge is 2.17. The number of hydrogen-bond donors (Lipinski definition) is 0. The number of aryl methyl sites for hydroxylation is 2. The van der Waals surface area contributed by atoms with Crippen LogP contribution in [0.2, 0.25) is 0 Å². The number of hydrogen-bond acceptors (Lipinski definition) is 5. The molecule has 0 aromatic carbocycles. The van der Waals surface area contributed by atoms with Crippen LogP contribution in [0.5, 0.6) is 0 Å². The Labute approximate surface area is 126 Å². The van der Waals surface area contributed by atoms with E-state index >= 15 is 0 Å². The Bertz CT molecular complexity index is 800. The van der Waals surface area contributed by atoms with Crippen molar-refractivity contribution in [2.24, 2.45) is 14.1 Å². The third-order valence-corrected chi connectivity index (χ3v) is 3.50. The maximum Gasteiger partial charge on any atom is 0.333 e. The summed E-state index contributed by atoms with van der Waals surface area (Å²) in [4.78, 5) is 40.4. The van der Waals surface area contributed by atoms with Crippen molar-refractivity contribution in [2.75, 3.05) is 6.61 Å². The lowest BCUT2D eigenvalue weighted by Gasteiger charge is -2.08. The van der Waals surface area contributed by atoms with E-state index in [0.29, 0.717) is 12.3 Å². The zero-order chi connectivity index (χ0) is 16.3. The molecule has 0 amide bonds. The monoisotopic (exact) mass is 308 g/mol. The Hall–Kier alpha value is -2.38. The van der Waals surface area contributed by atoms with E-state index < -0.39 is 23.8 Å². The lowest BCUT2D eigenvalue weighted by molar-refractivity contribution is -0.144. The van der Waals surface area contributed by atoms with E-state index in [2.05, 4.69) is 4.98 Å². The Morgan fingerprint density at radius 2 is 2.00 bits per heavy atom. The van der Waals surface area contributed by atoms with E-state index in [1.54, 1.807) is 7.05 Å². The van der Waals surface area contributed by atoms with Gasteiger partial charge >= 0.3 is 11.7 Å². The van der Waals surface area contributed by atoms with E-state index in [-0.39, 0.29) is 5.52 Å². The van der Waals surface area contributed by atoms with Gasteiger partial charge in [-0.15, -0.1) is 0 Å². The van der Waals surface area contributed by atoms with Crippen LogP contribution in [0.3, 0.4) is 0 Å². The Morgan fingerprint density at radius 3 is 2.68 bits per heavy atom. The van der Waals surface area contributed by atoms with Crippen molar-refractivity contribution >= 4 is 17.1 Å². The fourth-order valence-corrected chi connectivity index (χ4v) is 2.25. The molecule has 2 aromatic heterocycles. The molecule has 0 aliphatic heterocycles. The standard InChI is InChI=1S/C14H20N4O4/c1-4-5-6-7-22-10(19)8-18-13(20)11-12(15-9-16(11)2)17(3)14(18)21/h9H,4-8H2,1-3H3. The molecule has 0 spiro atoms. The molecule has 0 aliphatic carbocycles. The van der Waals surface area contributed by atoms with Crippen molar-refractivity contribution in [3.05, 3.63) is 27.2 Å². The number of nitrogens with zero attached hydrogens (tertiary/aromatic N) is 4. The van der Waals surface area contributed by atoms with E-state index in [4.69, 9.17) is 4.74 Å². The van der Waals surface area contributed by atoms with Crippen LogP contribution in [0, 0.1) is 0 Å². The quantitative estimate of drug-likeness (QED) is 0.560. The summed E-state index contributed by atoms with van der Waals surface area (Å²) in [5, 5.41) is 0. The third kappa shape index (κ3) is 2.95. The van der Waals surface area contributed by atoms with E-state index in [0.717, 1.165) is 23.8 Å². The molecule has 2 heterocycles. The van der Waals surface area contributed by atoms with Crippen LogP contribution in [0.4, 0.5) is 0 Å². The van der Waals surface area contributed by atoms with Gasteiger partial charge in [0.25, 0.3) is 5.56 Å². The number of fused-ring (bicyclic) bond motifs is 1. The summed E-state index contributed by atoms with van der Waals surface area (Å²) in [5.74, 6) is -0.586. The van der Waals surface area contributed by atoms with Crippen LogP contribution >= 0.6 is 0 Å². The first-order valence-corrected chi connectivity index (χ1v) is 7.23. The van der Waals surface area contributed by atoms with Gasteiger partial charge < -0.3 is 9.30 Å². The van der Waals surface area contributed by atoms with Crippen LogP contribution in [0.1, 0.15) is 26.2 Å². The van der Waals surface area contributed by atoms with Crippen LogP contribution in [0.15, 0.2) is 15.9 Å². The topological polar surface area (TPSA) is 88.1 Å².